The van der Waals surface area contributed by atoms with E-state index >= 15 is 0 Å². The highest BCUT2D eigenvalue weighted by molar-refractivity contribution is 9.10. The number of hydrogen-bond acceptors (Lipinski definition) is 2. The third-order valence-corrected chi connectivity index (χ3v) is 2.51. The van der Waals surface area contributed by atoms with Gasteiger partial charge in [0.2, 0.25) is 0 Å². The third-order valence-electron chi connectivity index (χ3n) is 1.70. The second kappa shape index (κ2) is 5.55. The standard InChI is InChI=1S/C10H13BrOS/c1-8-7-9(11)3-4-10(8)12-5-2-6-13/h3-4,7,13H,2,5-6H2,1H3. The first kappa shape index (κ1) is 10.9. The molecule has 0 spiro atoms. The highest BCUT2D eigenvalue weighted by Crippen LogP contribution is 2.22. The number of ether oxygens (including phenoxy) is 1. The first-order valence-corrected chi connectivity index (χ1v) is 5.66. The summed E-state index contributed by atoms with van der Waals surface area (Å²) >= 11 is 7.53. The van der Waals surface area contributed by atoms with E-state index in [0.717, 1.165) is 34.6 Å². The molecule has 0 heterocycles. The summed E-state index contributed by atoms with van der Waals surface area (Å²) in [5, 5.41) is 0. The minimum absolute atomic E-state index is 0.742. The molecule has 0 saturated heterocycles. The molecule has 0 bridgehead atoms. The van der Waals surface area contributed by atoms with E-state index in [9.17, 15) is 0 Å². The maximum atomic E-state index is 5.56. The minimum atomic E-state index is 0.742. The molecule has 0 saturated carbocycles. The second-order valence-corrected chi connectivity index (χ2v) is 4.20. The van der Waals surface area contributed by atoms with Crippen molar-refractivity contribution >= 4 is 28.6 Å². The van der Waals surface area contributed by atoms with E-state index in [4.69, 9.17) is 4.74 Å². The maximum absolute atomic E-state index is 5.56. The molecule has 1 aromatic rings. The van der Waals surface area contributed by atoms with Crippen molar-refractivity contribution in [2.75, 3.05) is 12.4 Å². The van der Waals surface area contributed by atoms with Crippen LogP contribution >= 0.6 is 28.6 Å². The summed E-state index contributed by atoms with van der Waals surface area (Å²) in [5.74, 6) is 1.83. The SMILES string of the molecule is Cc1cc(Br)ccc1OCCCS. The van der Waals surface area contributed by atoms with Gasteiger partial charge >= 0.3 is 0 Å². The van der Waals surface area contributed by atoms with Crippen molar-refractivity contribution in [2.45, 2.75) is 13.3 Å². The summed E-state index contributed by atoms with van der Waals surface area (Å²) in [6, 6.07) is 6.02. The molecule has 0 fully saturated rings. The molecule has 0 aromatic heterocycles. The lowest BCUT2D eigenvalue weighted by Gasteiger charge is -2.08. The van der Waals surface area contributed by atoms with Gasteiger partial charge in [0.05, 0.1) is 6.61 Å². The Bertz CT molecular complexity index is 276. The Kier molecular flexibility index (Phi) is 4.67. The predicted octanol–water partition coefficient (Wildman–Crippen LogP) is 3.46. The smallest absolute Gasteiger partial charge is 0.122 e. The van der Waals surface area contributed by atoms with Crippen molar-refractivity contribution in [3.05, 3.63) is 28.2 Å². The Hall–Kier alpha value is -0.150. The van der Waals surface area contributed by atoms with E-state index < -0.39 is 0 Å². The highest BCUT2D eigenvalue weighted by atomic mass is 79.9. The lowest BCUT2D eigenvalue weighted by atomic mass is 10.2. The fraction of sp³-hybridized carbons (Fsp3) is 0.400. The summed E-state index contributed by atoms with van der Waals surface area (Å²) in [6.07, 6.45) is 0.985. The summed E-state index contributed by atoms with van der Waals surface area (Å²) < 4.78 is 6.65. The average Bonchev–Trinajstić information content (AvgIpc) is 2.09. The van der Waals surface area contributed by atoms with Gasteiger partial charge in [-0.05, 0) is 42.9 Å². The van der Waals surface area contributed by atoms with Gasteiger partial charge in [0.15, 0.2) is 0 Å². The number of hydrogen-bond donors (Lipinski definition) is 1. The van der Waals surface area contributed by atoms with Crippen molar-refractivity contribution in [2.24, 2.45) is 0 Å². The number of aryl methyl sites for hydroxylation is 1. The third kappa shape index (κ3) is 3.61. The largest absolute Gasteiger partial charge is 0.493 e. The van der Waals surface area contributed by atoms with Crippen LogP contribution in [0.15, 0.2) is 22.7 Å². The van der Waals surface area contributed by atoms with E-state index in [-0.39, 0.29) is 0 Å². The van der Waals surface area contributed by atoms with Crippen LogP contribution in [-0.4, -0.2) is 12.4 Å². The van der Waals surface area contributed by atoms with Crippen LogP contribution in [0.1, 0.15) is 12.0 Å². The normalized spacial score (nSPS) is 10.1. The van der Waals surface area contributed by atoms with Gasteiger partial charge in [0.1, 0.15) is 5.75 Å². The lowest BCUT2D eigenvalue weighted by molar-refractivity contribution is 0.316. The molecule has 72 valence electrons. The molecule has 0 aliphatic carbocycles. The number of benzene rings is 1. The van der Waals surface area contributed by atoms with Gasteiger partial charge in [0.25, 0.3) is 0 Å². The van der Waals surface area contributed by atoms with Crippen molar-refractivity contribution in [3.8, 4) is 5.75 Å². The quantitative estimate of drug-likeness (QED) is 0.645. The topological polar surface area (TPSA) is 9.23 Å². The van der Waals surface area contributed by atoms with Gasteiger partial charge in [-0.2, -0.15) is 12.6 Å². The zero-order valence-electron chi connectivity index (χ0n) is 7.59. The minimum Gasteiger partial charge on any atom is -0.493 e. The molecule has 1 rings (SSSR count). The van der Waals surface area contributed by atoms with E-state index in [2.05, 4.69) is 34.6 Å². The molecule has 13 heavy (non-hydrogen) atoms. The molecule has 0 N–H and O–H groups in total. The molecule has 0 atom stereocenters. The zero-order valence-corrected chi connectivity index (χ0v) is 10.1. The van der Waals surface area contributed by atoms with Crippen LogP contribution < -0.4 is 4.74 Å². The van der Waals surface area contributed by atoms with Crippen LogP contribution in [0.2, 0.25) is 0 Å². The Balaban J connectivity index is 2.56. The van der Waals surface area contributed by atoms with Crippen LogP contribution in [0.25, 0.3) is 0 Å². The second-order valence-electron chi connectivity index (χ2n) is 2.84. The fourth-order valence-electron chi connectivity index (χ4n) is 1.02. The van der Waals surface area contributed by atoms with E-state index in [1.54, 1.807) is 0 Å². The van der Waals surface area contributed by atoms with Crippen molar-refractivity contribution in [3.63, 3.8) is 0 Å². The molecular formula is C10H13BrOS. The van der Waals surface area contributed by atoms with Gasteiger partial charge in [0, 0.05) is 4.47 Å². The zero-order chi connectivity index (χ0) is 9.68. The predicted molar refractivity (Wildman–Crippen MR) is 62.8 cm³/mol. The molecule has 0 aliphatic heterocycles. The molecule has 0 radical (unpaired) electrons. The maximum Gasteiger partial charge on any atom is 0.122 e. The Morgan fingerprint density at radius 1 is 1.46 bits per heavy atom. The first-order valence-electron chi connectivity index (χ1n) is 4.24. The summed E-state index contributed by atoms with van der Waals surface area (Å²) in [5.41, 5.74) is 1.16. The Morgan fingerprint density at radius 2 is 2.23 bits per heavy atom. The van der Waals surface area contributed by atoms with Gasteiger partial charge in [-0.1, -0.05) is 15.9 Å². The number of thiol groups is 1. The molecule has 3 heteroatoms. The van der Waals surface area contributed by atoms with Crippen molar-refractivity contribution < 1.29 is 4.74 Å². The van der Waals surface area contributed by atoms with Crippen LogP contribution in [0.4, 0.5) is 0 Å². The summed E-state index contributed by atoms with van der Waals surface area (Å²) in [7, 11) is 0. The highest BCUT2D eigenvalue weighted by Gasteiger charge is 1.98. The molecule has 1 aromatic carbocycles. The fourth-order valence-corrected chi connectivity index (χ4v) is 1.63. The molecule has 0 aliphatic rings. The lowest BCUT2D eigenvalue weighted by Crippen LogP contribution is -1.99. The molecule has 0 amide bonds. The molecule has 1 nitrogen and oxygen atoms in total. The number of halogens is 1. The van der Waals surface area contributed by atoms with Crippen molar-refractivity contribution in [1.82, 2.24) is 0 Å². The van der Waals surface area contributed by atoms with Gasteiger partial charge < -0.3 is 4.74 Å². The average molecular weight is 261 g/mol. The van der Waals surface area contributed by atoms with Gasteiger partial charge in [-0.3, -0.25) is 0 Å². The van der Waals surface area contributed by atoms with Gasteiger partial charge in [-0.15, -0.1) is 0 Å². The molecule has 0 unspecified atom stereocenters. The Labute approximate surface area is 93.0 Å². The van der Waals surface area contributed by atoms with Crippen molar-refractivity contribution in [1.29, 1.82) is 0 Å². The summed E-state index contributed by atoms with van der Waals surface area (Å²) in [6.45, 7) is 2.78. The first-order chi connectivity index (χ1) is 6.24. The summed E-state index contributed by atoms with van der Waals surface area (Å²) in [4.78, 5) is 0. The van der Waals surface area contributed by atoms with E-state index in [1.807, 2.05) is 19.1 Å². The van der Waals surface area contributed by atoms with Crippen LogP contribution in [-0.2, 0) is 0 Å². The monoisotopic (exact) mass is 260 g/mol. The Morgan fingerprint density at radius 3 is 2.85 bits per heavy atom. The van der Waals surface area contributed by atoms with Crippen LogP contribution in [0.3, 0.4) is 0 Å². The van der Waals surface area contributed by atoms with Crippen LogP contribution in [0, 0.1) is 6.92 Å². The molecular weight excluding hydrogens is 248 g/mol. The van der Waals surface area contributed by atoms with Crippen LogP contribution in [0.5, 0.6) is 5.75 Å². The van der Waals surface area contributed by atoms with Gasteiger partial charge in [-0.25, -0.2) is 0 Å². The van der Waals surface area contributed by atoms with E-state index in [0.29, 0.717) is 0 Å². The number of rotatable bonds is 4. The van der Waals surface area contributed by atoms with E-state index in [1.165, 1.54) is 0 Å².